The topological polar surface area (TPSA) is 78.3 Å². The molecule has 2 aliphatic rings. The van der Waals surface area contributed by atoms with E-state index in [1.165, 1.54) is 55.3 Å². The Morgan fingerprint density at radius 3 is 2.47 bits per heavy atom. The minimum Gasteiger partial charge on any atom is -0.493 e. The van der Waals surface area contributed by atoms with Crippen LogP contribution in [0.5, 0.6) is 11.5 Å². The molecule has 0 bridgehead atoms. The highest BCUT2D eigenvalue weighted by Gasteiger charge is 2.39. The first kappa shape index (κ1) is 22.7. The average molecular weight is 483 g/mol. The van der Waals surface area contributed by atoms with E-state index >= 15 is 0 Å². The molecule has 2 atom stereocenters. The first-order valence-corrected chi connectivity index (χ1v) is 12.4. The zero-order valence-corrected chi connectivity index (χ0v) is 20.0. The summed E-state index contributed by atoms with van der Waals surface area (Å²) in [7, 11) is 3.18. The Bertz CT molecular complexity index is 1180. The van der Waals surface area contributed by atoms with E-state index in [1.54, 1.807) is 14.2 Å². The second-order valence-corrected chi connectivity index (χ2v) is 9.75. The number of nitrogens with one attached hydrogen (secondary N) is 1. The molecule has 0 radical (unpaired) electrons. The van der Waals surface area contributed by atoms with Crippen LogP contribution in [0.1, 0.15) is 65.8 Å². The molecule has 34 heavy (non-hydrogen) atoms. The van der Waals surface area contributed by atoms with Gasteiger partial charge < -0.3 is 14.9 Å². The van der Waals surface area contributed by atoms with E-state index in [1.807, 2.05) is 22.9 Å². The number of aromatic nitrogens is 3. The molecule has 1 N–H and O–H groups in total. The van der Waals surface area contributed by atoms with Crippen LogP contribution in [-0.4, -0.2) is 40.1 Å². The SMILES string of the molecule is COc1ccc([C@H]2Nn3c(nnc3C3CCCCC3)S[C@@H]2C(=O)c2ccc(F)cc2)cc1OC. The van der Waals surface area contributed by atoms with Crippen molar-refractivity contribution in [3.8, 4) is 11.5 Å². The van der Waals surface area contributed by atoms with Crippen molar-refractivity contribution in [3.05, 3.63) is 65.2 Å². The zero-order valence-electron chi connectivity index (χ0n) is 19.2. The lowest BCUT2D eigenvalue weighted by Crippen LogP contribution is -2.39. The number of benzene rings is 2. The second-order valence-electron chi connectivity index (χ2n) is 8.64. The summed E-state index contributed by atoms with van der Waals surface area (Å²) < 4.78 is 26.4. The van der Waals surface area contributed by atoms with E-state index < -0.39 is 5.25 Å². The molecule has 1 aromatic heterocycles. The molecule has 1 aliphatic heterocycles. The Hall–Kier alpha value is -3.07. The molecule has 5 rings (SSSR count). The fourth-order valence-corrected chi connectivity index (χ4v) is 5.94. The molecule has 9 heteroatoms. The molecule has 0 spiro atoms. The van der Waals surface area contributed by atoms with Gasteiger partial charge in [0.1, 0.15) is 11.1 Å². The minimum atomic E-state index is -0.528. The molecule has 7 nitrogen and oxygen atoms in total. The fourth-order valence-electron chi connectivity index (χ4n) is 4.77. The molecule has 0 unspecified atom stereocenters. The van der Waals surface area contributed by atoms with Crippen molar-refractivity contribution in [2.75, 3.05) is 19.6 Å². The third kappa shape index (κ3) is 4.24. The molecule has 1 aliphatic carbocycles. The standard InChI is InChI=1S/C25H27FN4O3S/c1-32-19-13-10-17(14-20(19)33-2)21-23(22(31)15-8-11-18(26)12-9-15)34-25-28-27-24(30(25)29-21)16-6-4-3-5-7-16/h8-14,16,21,23,29H,3-7H2,1-2H3/t21-,23+/m1/s1. The second kappa shape index (κ2) is 9.66. The van der Waals surface area contributed by atoms with Crippen molar-refractivity contribution in [1.29, 1.82) is 0 Å². The highest BCUT2D eigenvalue weighted by atomic mass is 32.2. The largest absolute Gasteiger partial charge is 0.493 e. The third-order valence-corrected chi connectivity index (χ3v) is 7.80. The van der Waals surface area contributed by atoms with Gasteiger partial charge in [0.2, 0.25) is 5.16 Å². The lowest BCUT2D eigenvalue weighted by Gasteiger charge is -2.34. The number of fused-ring (bicyclic) bond motifs is 1. The van der Waals surface area contributed by atoms with Gasteiger partial charge in [0.15, 0.2) is 23.1 Å². The summed E-state index contributed by atoms with van der Waals surface area (Å²) >= 11 is 1.39. The van der Waals surface area contributed by atoms with Crippen molar-refractivity contribution in [2.24, 2.45) is 0 Å². The first-order chi connectivity index (χ1) is 16.6. The molecule has 1 fully saturated rings. The van der Waals surface area contributed by atoms with Gasteiger partial charge in [-0.05, 0) is 54.8 Å². The molecular formula is C25H27FN4O3S. The molecule has 1 saturated carbocycles. The fraction of sp³-hybridized carbons (Fsp3) is 0.400. The maximum atomic E-state index is 13.6. The van der Waals surface area contributed by atoms with Gasteiger partial charge in [-0.15, -0.1) is 10.2 Å². The number of ether oxygens (including phenoxy) is 2. The van der Waals surface area contributed by atoms with Gasteiger partial charge in [-0.25, -0.2) is 9.07 Å². The highest BCUT2D eigenvalue weighted by molar-refractivity contribution is 8.00. The quantitative estimate of drug-likeness (QED) is 0.488. The maximum Gasteiger partial charge on any atom is 0.210 e. The van der Waals surface area contributed by atoms with Crippen molar-refractivity contribution in [1.82, 2.24) is 14.9 Å². The summed E-state index contributed by atoms with van der Waals surface area (Å²) in [5.41, 5.74) is 4.86. The van der Waals surface area contributed by atoms with Crippen LogP contribution < -0.4 is 14.9 Å². The van der Waals surface area contributed by atoms with E-state index in [9.17, 15) is 9.18 Å². The number of carbonyl (C=O) groups is 1. The van der Waals surface area contributed by atoms with Crippen molar-refractivity contribution >= 4 is 17.5 Å². The van der Waals surface area contributed by atoms with Crippen LogP contribution in [0.2, 0.25) is 0 Å². The van der Waals surface area contributed by atoms with Crippen LogP contribution in [0.15, 0.2) is 47.6 Å². The van der Waals surface area contributed by atoms with Gasteiger partial charge in [0.05, 0.1) is 20.3 Å². The summed E-state index contributed by atoms with van der Waals surface area (Å²) in [6.07, 6.45) is 5.80. The van der Waals surface area contributed by atoms with E-state index in [4.69, 9.17) is 9.47 Å². The number of methoxy groups -OCH3 is 2. The number of carbonyl (C=O) groups excluding carboxylic acids is 1. The maximum absolute atomic E-state index is 13.6. The van der Waals surface area contributed by atoms with Crippen molar-refractivity contribution in [2.45, 2.75) is 54.5 Å². The summed E-state index contributed by atoms with van der Waals surface area (Å²) in [6, 6.07) is 10.9. The van der Waals surface area contributed by atoms with Crippen LogP contribution in [0.25, 0.3) is 0 Å². The average Bonchev–Trinajstić information content (AvgIpc) is 3.31. The number of hydrogen-bond acceptors (Lipinski definition) is 7. The number of hydrogen-bond donors (Lipinski definition) is 1. The Morgan fingerprint density at radius 1 is 1.03 bits per heavy atom. The van der Waals surface area contributed by atoms with Crippen molar-refractivity contribution in [3.63, 3.8) is 0 Å². The van der Waals surface area contributed by atoms with Gasteiger partial charge in [-0.3, -0.25) is 4.79 Å². The number of rotatable bonds is 6. The van der Waals surface area contributed by atoms with Gasteiger partial charge in [-0.2, -0.15) is 0 Å². The van der Waals surface area contributed by atoms with Crippen molar-refractivity contribution < 1.29 is 18.7 Å². The van der Waals surface area contributed by atoms with Crippen LogP contribution in [0, 0.1) is 5.82 Å². The Balaban J connectivity index is 1.55. The van der Waals surface area contributed by atoms with E-state index in [0.717, 1.165) is 24.2 Å². The summed E-state index contributed by atoms with van der Waals surface area (Å²) in [4.78, 5) is 13.6. The monoisotopic (exact) mass is 482 g/mol. The number of thioether (sulfide) groups is 1. The number of ketones is 1. The summed E-state index contributed by atoms with van der Waals surface area (Å²) in [6.45, 7) is 0. The smallest absolute Gasteiger partial charge is 0.210 e. The Kier molecular flexibility index (Phi) is 6.45. The Labute approximate surface area is 202 Å². The van der Waals surface area contributed by atoms with E-state index in [-0.39, 0.29) is 17.6 Å². The molecule has 2 heterocycles. The van der Waals surface area contributed by atoms with Crippen LogP contribution in [0.4, 0.5) is 4.39 Å². The molecule has 0 amide bonds. The summed E-state index contributed by atoms with van der Waals surface area (Å²) in [5.74, 6) is 1.98. The molecule has 178 valence electrons. The molecule has 3 aromatic rings. The van der Waals surface area contributed by atoms with Gasteiger partial charge in [-0.1, -0.05) is 37.1 Å². The van der Waals surface area contributed by atoms with Gasteiger partial charge in [0.25, 0.3) is 0 Å². The lowest BCUT2D eigenvalue weighted by molar-refractivity contribution is 0.0980. The number of nitrogens with zero attached hydrogens (tertiary/aromatic N) is 3. The molecular weight excluding hydrogens is 455 g/mol. The normalized spacial score (nSPS) is 20.3. The van der Waals surface area contributed by atoms with E-state index in [0.29, 0.717) is 28.1 Å². The van der Waals surface area contributed by atoms with Crippen LogP contribution in [-0.2, 0) is 0 Å². The van der Waals surface area contributed by atoms with Crippen LogP contribution >= 0.6 is 11.8 Å². The Morgan fingerprint density at radius 2 is 1.76 bits per heavy atom. The third-order valence-electron chi connectivity index (χ3n) is 6.59. The lowest BCUT2D eigenvalue weighted by atomic mass is 9.89. The predicted molar refractivity (Wildman–Crippen MR) is 128 cm³/mol. The first-order valence-electron chi connectivity index (χ1n) is 11.5. The number of Topliss-reactive ketones (excluding diaryl/α,β-unsaturated/α-hetero) is 1. The zero-order chi connectivity index (χ0) is 23.7. The molecule has 2 aromatic carbocycles. The minimum absolute atomic E-state index is 0.106. The molecule has 0 saturated heterocycles. The number of halogens is 1. The van der Waals surface area contributed by atoms with Crippen LogP contribution in [0.3, 0.4) is 0 Å². The van der Waals surface area contributed by atoms with Gasteiger partial charge in [0, 0.05) is 11.5 Å². The van der Waals surface area contributed by atoms with E-state index in [2.05, 4.69) is 15.6 Å². The predicted octanol–water partition coefficient (Wildman–Crippen LogP) is 5.12. The highest BCUT2D eigenvalue weighted by Crippen LogP contribution is 2.42. The van der Waals surface area contributed by atoms with Gasteiger partial charge >= 0.3 is 0 Å². The summed E-state index contributed by atoms with van der Waals surface area (Å²) in [5, 5.41) is 9.07.